The van der Waals surface area contributed by atoms with Crippen LogP contribution in [0.25, 0.3) is 11.1 Å². The van der Waals surface area contributed by atoms with E-state index in [0.717, 1.165) is 41.5 Å². The quantitative estimate of drug-likeness (QED) is 0.506. The Morgan fingerprint density at radius 3 is 2.23 bits per heavy atom. The lowest BCUT2D eigenvalue weighted by atomic mass is 9.79. The van der Waals surface area contributed by atoms with Gasteiger partial charge >= 0.3 is 12.1 Å². The molecule has 2 aliphatic rings. The number of hydrogen-bond donors (Lipinski definition) is 3. The van der Waals surface area contributed by atoms with Crippen LogP contribution in [0, 0.1) is 11.8 Å². The number of rotatable bonds is 9. The number of hydrogen-bond acceptors (Lipinski definition) is 5. The smallest absolute Gasteiger partial charge is 0.407 e. The molecule has 3 unspecified atom stereocenters. The molecule has 0 radical (unpaired) electrons. The largest absolute Gasteiger partial charge is 0.481 e. The zero-order valence-corrected chi connectivity index (χ0v) is 19.9. The molecule has 8 heteroatoms. The van der Waals surface area contributed by atoms with Crippen molar-refractivity contribution in [1.82, 2.24) is 10.6 Å². The van der Waals surface area contributed by atoms with Crippen molar-refractivity contribution in [2.75, 3.05) is 26.8 Å². The highest BCUT2D eigenvalue weighted by Crippen LogP contribution is 2.44. The van der Waals surface area contributed by atoms with Crippen molar-refractivity contribution in [2.45, 2.75) is 37.7 Å². The van der Waals surface area contributed by atoms with E-state index in [2.05, 4.69) is 22.8 Å². The molecule has 2 aromatic carbocycles. The maximum Gasteiger partial charge on any atom is 0.407 e. The van der Waals surface area contributed by atoms with Gasteiger partial charge < -0.3 is 25.2 Å². The first-order valence-corrected chi connectivity index (χ1v) is 12.1. The van der Waals surface area contributed by atoms with E-state index in [4.69, 9.17) is 9.47 Å². The Morgan fingerprint density at radius 2 is 1.60 bits per heavy atom. The molecule has 1 fully saturated rings. The standard InChI is InChI=1S/C27H32N2O6/c1-34-24(25(30)28-14-17-8-2-3-9-18(17)26(31)32)15-29-27(33)35-16-23-21-12-6-4-10-19(21)20-11-5-7-13-22(20)23/h4-7,10-13,17-18,23-24H,2-3,8-9,14-16H2,1H3,(H,28,30)(H,29,33)(H,31,32). The van der Waals surface area contributed by atoms with Gasteiger partial charge in [-0.2, -0.15) is 0 Å². The number of carboxylic acid groups (broad SMARTS) is 1. The lowest BCUT2D eigenvalue weighted by molar-refractivity contribution is -0.145. The zero-order chi connectivity index (χ0) is 24.8. The minimum absolute atomic E-state index is 0.0488. The summed E-state index contributed by atoms with van der Waals surface area (Å²) in [5.74, 6) is -1.79. The van der Waals surface area contributed by atoms with Gasteiger partial charge in [-0.3, -0.25) is 9.59 Å². The number of ether oxygens (including phenoxy) is 2. The van der Waals surface area contributed by atoms with E-state index < -0.39 is 24.1 Å². The molecular weight excluding hydrogens is 448 g/mol. The van der Waals surface area contributed by atoms with Gasteiger partial charge in [0.05, 0.1) is 12.5 Å². The molecule has 0 aliphatic heterocycles. The third-order valence-corrected chi connectivity index (χ3v) is 7.12. The monoisotopic (exact) mass is 480 g/mol. The van der Waals surface area contributed by atoms with Gasteiger partial charge in [0.15, 0.2) is 6.10 Å². The molecule has 2 aliphatic carbocycles. The van der Waals surface area contributed by atoms with Gasteiger partial charge in [0, 0.05) is 19.6 Å². The van der Waals surface area contributed by atoms with E-state index in [-0.39, 0.29) is 37.4 Å². The lowest BCUT2D eigenvalue weighted by Crippen LogP contribution is -2.46. The van der Waals surface area contributed by atoms with E-state index in [1.807, 2.05) is 36.4 Å². The number of carbonyl (C=O) groups excluding carboxylic acids is 2. The fourth-order valence-corrected chi connectivity index (χ4v) is 5.23. The maximum absolute atomic E-state index is 12.6. The molecule has 2 amide bonds. The van der Waals surface area contributed by atoms with Crippen LogP contribution in [0.1, 0.15) is 42.7 Å². The Balaban J connectivity index is 1.26. The van der Waals surface area contributed by atoms with Crippen molar-refractivity contribution in [3.05, 3.63) is 59.7 Å². The normalized spacial score (nSPS) is 19.8. The van der Waals surface area contributed by atoms with Crippen molar-refractivity contribution in [3.8, 4) is 11.1 Å². The summed E-state index contributed by atoms with van der Waals surface area (Å²) in [5, 5.41) is 14.8. The van der Waals surface area contributed by atoms with Gasteiger partial charge in [-0.25, -0.2) is 4.79 Å². The number of aliphatic carboxylic acids is 1. The number of benzene rings is 2. The third-order valence-electron chi connectivity index (χ3n) is 7.12. The molecule has 35 heavy (non-hydrogen) atoms. The van der Waals surface area contributed by atoms with Crippen LogP contribution in [-0.4, -0.2) is 56.0 Å². The molecule has 4 rings (SSSR count). The number of nitrogens with one attached hydrogen (secondary N) is 2. The van der Waals surface area contributed by atoms with Crippen LogP contribution < -0.4 is 10.6 Å². The lowest BCUT2D eigenvalue weighted by Gasteiger charge is -2.29. The second-order valence-electron chi connectivity index (χ2n) is 9.17. The number of alkyl carbamates (subject to hydrolysis) is 1. The summed E-state index contributed by atoms with van der Waals surface area (Å²) in [6, 6.07) is 16.2. The molecule has 0 saturated heterocycles. The average molecular weight is 481 g/mol. The fraction of sp³-hybridized carbons (Fsp3) is 0.444. The number of carboxylic acids is 1. The molecule has 186 valence electrons. The zero-order valence-electron chi connectivity index (χ0n) is 19.9. The molecule has 3 atom stereocenters. The first kappa shape index (κ1) is 24.7. The van der Waals surface area contributed by atoms with Crippen molar-refractivity contribution in [3.63, 3.8) is 0 Å². The summed E-state index contributed by atoms with van der Waals surface area (Å²) in [6.07, 6.45) is 1.73. The van der Waals surface area contributed by atoms with Crippen LogP contribution in [0.2, 0.25) is 0 Å². The molecule has 2 aromatic rings. The Bertz CT molecular complexity index is 1030. The van der Waals surface area contributed by atoms with E-state index >= 15 is 0 Å². The van der Waals surface area contributed by atoms with E-state index in [1.165, 1.54) is 7.11 Å². The van der Waals surface area contributed by atoms with Crippen LogP contribution in [-0.2, 0) is 19.1 Å². The average Bonchev–Trinajstić information content (AvgIpc) is 3.20. The topological polar surface area (TPSA) is 114 Å². The highest BCUT2D eigenvalue weighted by Gasteiger charge is 2.32. The summed E-state index contributed by atoms with van der Waals surface area (Å²) >= 11 is 0. The van der Waals surface area contributed by atoms with Crippen LogP contribution in [0.3, 0.4) is 0 Å². The van der Waals surface area contributed by atoms with Gasteiger partial charge in [0.25, 0.3) is 5.91 Å². The van der Waals surface area contributed by atoms with Crippen molar-refractivity contribution < 1.29 is 29.0 Å². The molecule has 0 aromatic heterocycles. The summed E-state index contributed by atoms with van der Waals surface area (Å²) in [4.78, 5) is 36.4. The molecule has 1 saturated carbocycles. The highest BCUT2D eigenvalue weighted by molar-refractivity contribution is 5.82. The predicted octanol–water partition coefficient (Wildman–Crippen LogP) is 3.55. The minimum atomic E-state index is -0.901. The molecule has 0 bridgehead atoms. The SMILES string of the molecule is COC(CNC(=O)OCC1c2ccccc2-c2ccccc21)C(=O)NCC1CCCCC1C(=O)O. The second kappa shape index (κ2) is 11.4. The maximum atomic E-state index is 12.6. The number of carbonyl (C=O) groups is 3. The van der Waals surface area contributed by atoms with Gasteiger partial charge in [0.1, 0.15) is 6.61 Å². The Labute approximate surface area is 205 Å². The number of amides is 2. The van der Waals surface area contributed by atoms with Crippen molar-refractivity contribution in [1.29, 1.82) is 0 Å². The predicted molar refractivity (Wildman–Crippen MR) is 130 cm³/mol. The Hall–Kier alpha value is -3.39. The van der Waals surface area contributed by atoms with E-state index in [9.17, 15) is 19.5 Å². The third kappa shape index (κ3) is 5.65. The fourth-order valence-electron chi connectivity index (χ4n) is 5.23. The van der Waals surface area contributed by atoms with Gasteiger partial charge in [-0.05, 0) is 41.0 Å². The van der Waals surface area contributed by atoms with Gasteiger partial charge in [0.2, 0.25) is 0 Å². The van der Waals surface area contributed by atoms with Gasteiger partial charge in [-0.15, -0.1) is 0 Å². The Morgan fingerprint density at radius 1 is 0.971 bits per heavy atom. The van der Waals surface area contributed by atoms with Gasteiger partial charge in [-0.1, -0.05) is 61.4 Å². The van der Waals surface area contributed by atoms with E-state index in [0.29, 0.717) is 6.42 Å². The van der Waals surface area contributed by atoms with Crippen LogP contribution in [0.5, 0.6) is 0 Å². The summed E-state index contributed by atoms with van der Waals surface area (Å²) < 4.78 is 10.8. The summed E-state index contributed by atoms with van der Waals surface area (Å²) in [7, 11) is 1.39. The van der Waals surface area contributed by atoms with E-state index in [1.54, 1.807) is 0 Å². The molecule has 0 heterocycles. The Kier molecular flexibility index (Phi) is 8.02. The molecule has 8 nitrogen and oxygen atoms in total. The first-order chi connectivity index (χ1) is 17.0. The van der Waals surface area contributed by atoms with Crippen LogP contribution in [0.4, 0.5) is 4.79 Å². The number of methoxy groups -OCH3 is 1. The van der Waals surface area contributed by atoms with Crippen LogP contribution in [0.15, 0.2) is 48.5 Å². The first-order valence-electron chi connectivity index (χ1n) is 12.1. The highest BCUT2D eigenvalue weighted by atomic mass is 16.5. The summed E-state index contributed by atoms with van der Waals surface area (Å²) in [5.41, 5.74) is 4.55. The molecule has 0 spiro atoms. The van der Waals surface area contributed by atoms with Crippen molar-refractivity contribution >= 4 is 18.0 Å². The molecular formula is C27H32N2O6. The summed E-state index contributed by atoms with van der Waals surface area (Å²) in [6.45, 7) is 0.411. The second-order valence-corrected chi connectivity index (χ2v) is 9.17. The van der Waals surface area contributed by atoms with Crippen LogP contribution >= 0.6 is 0 Å². The number of fused-ring (bicyclic) bond motifs is 3. The van der Waals surface area contributed by atoms with Crippen molar-refractivity contribution in [2.24, 2.45) is 11.8 Å². The molecule has 3 N–H and O–H groups in total. The minimum Gasteiger partial charge on any atom is -0.481 e.